The molecule has 1 aromatic heterocycles. The van der Waals surface area contributed by atoms with Gasteiger partial charge in [-0.05, 0) is 12.8 Å². The monoisotopic (exact) mass is 197 g/mol. The van der Waals surface area contributed by atoms with Crippen LogP contribution >= 0.6 is 0 Å². The Balaban J connectivity index is 2.34. The Bertz CT molecular complexity index is 359. The van der Waals surface area contributed by atoms with Crippen LogP contribution in [0.5, 0.6) is 0 Å². The summed E-state index contributed by atoms with van der Waals surface area (Å²) in [6, 6.07) is 0. The Hall–Kier alpha value is -1.36. The molecule has 1 atom stereocenters. The number of aliphatic carboxylic acids is 1. The molecule has 0 aliphatic heterocycles. The first kappa shape index (κ1) is 9.21. The van der Waals surface area contributed by atoms with Crippen LogP contribution in [0, 0.1) is 0 Å². The highest BCUT2D eigenvalue weighted by Crippen LogP contribution is 2.37. The lowest BCUT2D eigenvalue weighted by Crippen LogP contribution is -2.32. The van der Waals surface area contributed by atoms with Crippen LogP contribution in [0.25, 0.3) is 0 Å². The van der Waals surface area contributed by atoms with Crippen LogP contribution in [0.1, 0.15) is 30.6 Å². The number of carboxylic acid groups (broad SMARTS) is 1. The molecule has 5 nitrogen and oxygen atoms in total. The van der Waals surface area contributed by atoms with Crippen molar-refractivity contribution < 1.29 is 19.5 Å². The van der Waals surface area contributed by atoms with Crippen molar-refractivity contribution in [2.24, 2.45) is 0 Å². The average molecular weight is 197 g/mol. The predicted molar refractivity (Wildman–Crippen MR) is 45.6 cm³/mol. The number of hydrogen-bond donors (Lipinski definition) is 2. The lowest BCUT2D eigenvalue weighted by Gasteiger charge is -2.29. The Kier molecular flexibility index (Phi) is 2.03. The van der Waals surface area contributed by atoms with Crippen molar-refractivity contribution in [1.29, 1.82) is 0 Å². The average Bonchev–Trinajstić information content (AvgIpc) is 2.51. The van der Waals surface area contributed by atoms with Crippen molar-refractivity contribution in [1.82, 2.24) is 5.16 Å². The zero-order chi connectivity index (χ0) is 10.2. The van der Waals surface area contributed by atoms with E-state index >= 15 is 0 Å². The van der Waals surface area contributed by atoms with Gasteiger partial charge >= 0.3 is 5.97 Å². The van der Waals surface area contributed by atoms with E-state index in [1.54, 1.807) is 0 Å². The minimum absolute atomic E-state index is 0.290. The van der Waals surface area contributed by atoms with Crippen LogP contribution in [0.15, 0.2) is 10.7 Å². The smallest absolute Gasteiger partial charge is 0.306 e. The van der Waals surface area contributed by atoms with Gasteiger partial charge in [0.2, 0.25) is 0 Å². The SMILES string of the molecule is O=C(O)CC1(O)CCCc2oncc21. The highest BCUT2D eigenvalue weighted by molar-refractivity contribution is 5.68. The molecule has 5 heteroatoms. The summed E-state index contributed by atoms with van der Waals surface area (Å²) in [5.41, 5.74) is -0.759. The fraction of sp³-hybridized carbons (Fsp3) is 0.556. The third-order valence-electron chi connectivity index (χ3n) is 2.58. The van der Waals surface area contributed by atoms with Crippen LogP contribution in [0.4, 0.5) is 0 Å². The Morgan fingerprint density at radius 1 is 1.71 bits per heavy atom. The maximum atomic E-state index is 10.6. The molecule has 1 aliphatic carbocycles. The molecule has 2 N–H and O–H groups in total. The molecule has 0 saturated heterocycles. The van der Waals surface area contributed by atoms with Crippen LogP contribution in [-0.2, 0) is 16.8 Å². The molecule has 14 heavy (non-hydrogen) atoms. The molecule has 1 heterocycles. The summed E-state index contributed by atoms with van der Waals surface area (Å²) in [7, 11) is 0. The summed E-state index contributed by atoms with van der Waals surface area (Å²) in [6.45, 7) is 0. The highest BCUT2D eigenvalue weighted by Gasteiger charge is 2.38. The van der Waals surface area contributed by atoms with E-state index in [9.17, 15) is 9.90 Å². The third-order valence-corrected chi connectivity index (χ3v) is 2.58. The first-order valence-electron chi connectivity index (χ1n) is 4.50. The molecule has 0 radical (unpaired) electrons. The zero-order valence-corrected chi connectivity index (χ0v) is 7.56. The van der Waals surface area contributed by atoms with Gasteiger partial charge in [-0.2, -0.15) is 0 Å². The predicted octanol–water partition coefficient (Wildman–Crippen LogP) is 0.673. The van der Waals surface area contributed by atoms with Crippen LogP contribution in [-0.4, -0.2) is 21.3 Å². The summed E-state index contributed by atoms with van der Waals surface area (Å²) in [5, 5.41) is 22.4. The molecule has 1 aromatic rings. The van der Waals surface area contributed by atoms with Gasteiger partial charge in [-0.3, -0.25) is 4.79 Å². The summed E-state index contributed by atoms with van der Waals surface area (Å²) < 4.78 is 4.93. The molecule has 0 saturated carbocycles. The van der Waals surface area contributed by atoms with Gasteiger partial charge in [0.25, 0.3) is 0 Å². The van der Waals surface area contributed by atoms with Gasteiger partial charge in [0.05, 0.1) is 12.6 Å². The summed E-state index contributed by atoms with van der Waals surface area (Å²) in [6.07, 6.45) is 3.02. The van der Waals surface area contributed by atoms with E-state index in [1.165, 1.54) is 6.20 Å². The van der Waals surface area contributed by atoms with Gasteiger partial charge in [-0.25, -0.2) is 0 Å². The molecular weight excluding hydrogens is 186 g/mol. The Morgan fingerprint density at radius 3 is 3.21 bits per heavy atom. The van der Waals surface area contributed by atoms with Gasteiger partial charge in [0, 0.05) is 12.0 Å². The summed E-state index contributed by atoms with van der Waals surface area (Å²) in [4.78, 5) is 10.6. The molecule has 76 valence electrons. The van der Waals surface area contributed by atoms with Crippen LogP contribution < -0.4 is 0 Å². The maximum absolute atomic E-state index is 10.6. The number of aryl methyl sites for hydroxylation is 1. The van der Waals surface area contributed by atoms with E-state index in [0.29, 0.717) is 17.7 Å². The molecule has 0 amide bonds. The van der Waals surface area contributed by atoms with Gasteiger partial charge in [0.1, 0.15) is 11.4 Å². The number of carboxylic acids is 1. The Labute approximate surface area is 80.3 Å². The van der Waals surface area contributed by atoms with Gasteiger partial charge in [-0.1, -0.05) is 5.16 Å². The highest BCUT2D eigenvalue weighted by atomic mass is 16.5. The molecule has 0 bridgehead atoms. The molecular formula is C9H11NO4. The van der Waals surface area contributed by atoms with Gasteiger partial charge in [-0.15, -0.1) is 0 Å². The number of fused-ring (bicyclic) bond motifs is 1. The number of rotatable bonds is 2. The number of aromatic nitrogens is 1. The van der Waals surface area contributed by atoms with Crippen molar-refractivity contribution in [2.75, 3.05) is 0 Å². The second-order valence-corrected chi connectivity index (χ2v) is 3.62. The molecule has 2 rings (SSSR count). The van der Waals surface area contributed by atoms with Crippen LogP contribution in [0.3, 0.4) is 0 Å². The third kappa shape index (κ3) is 1.39. The van der Waals surface area contributed by atoms with Gasteiger partial charge in [0.15, 0.2) is 0 Å². The fourth-order valence-electron chi connectivity index (χ4n) is 1.93. The first-order chi connectivity index (χ1) is 6.62. The van der Waals surface area contributed by atoms with Crippen molar-refractivity contribution in [3.63, 3.8) is 0 Å². The largest absolute Gasteiger partial charge is 0.481 e. The number of hydrogen-bond acceptors (Lipinski definition) is 4. The summed E-state index contributed by atoms with van der Waals surface area (Å²) in [5.74, 6) is -0.401. The quantitative estimate of drug-likeness (QED) is 0.728. The number of carbonyl (C=O) groups is 1. The van der Waals surface area contributed by atoms with E-state index < -0.39 is 11.6 Å². The van der Waals surface area contributed by atoms with E-state index in [0.717, 1.165) is 12.8 Å². The normalized spacial score (nSPS) is 25.8. The zero-order valence-electron chi connectivity index (χ0n) is 7.56. The van der Waals surface area contributed by atoms with Crippen molar-refractivity contribution in [3.8, 4) is 0 Å². The maximum Gasteiger partial charge on any atom is 0.306 e. The van der Waals surface area contributed by atoms with Crippen molar-refractivity contribution in [2.45, 2.75) is 31.3 Å². The van der Waals surface area contributed by atoms with Gasteiger partial charge < -0.3 is 14.7 Å². The second-order valence-electron chi connectivity index (χ2n) is 3.62. The lowest BCUT2D eigenvalue weighted by molar-refractivity contribution is -0.143. The van der Waals surface area contributed by atoms with Crippen molar-refractivity contribution in [3.05, 3.63) is 17.5 Å². The van der Waals surface area contributed by atoms with E-state index in [1.807, 2.05) is 0 Å². The minimum Gasteiger partial charge on any atom is -0.481 e. The number of aliphatic hydroxyl groups is 1. The number of nitrogens with zero attached hydrogens (tertiary/aromatic N) is 1. The minimum atomic E-state index is -1.29. The second kappa shape index (κ2) is 3.09. The summed E-state index contributed by atoms with van der Waals surface area (Å²) >= 11 is 0. The van der Waals surface area contributed by atoms with Crippen molar-refractivity contribution >= 4 is 5.97 Å². The molecule has 1 unspecified atom stereocenters. The van der Waals surface area contributed by atoms with E-state index in [4.69, 9.17) is 9.63 Å². The molecule has 1 aliphatic rings. The molecule has 0 fully saturated rings. The molecule has 0 spiro atoms. The van der Waals surface area contributed by atoms with Crippen LogP contribution in [0.2, 0.25) is 0 Å². The van der Waals surface area contributed by atoms with E-state index in [2.05, 4.69) is 5.16 Å². The molecule has 0 aromatic carbocycles. The topological polar surface area (TPSA) is 83.6 Å². The fourth-order valence-corrected chi connectivity index (χ4v) is 1.93. The lowest BCUT2D eigenvalue weighted by atomic mass is 9.81. The Morgan fingerprint density at radius 2 is 2.50 bits per heavy atom. The standard InChI is InChI=1S/C9H11NO4/c11-8(12)4-9(13)3-1-2-7-6(9)5-10-14-7/h5,13H,1-4H2,(H,11,12). The van der Waals surface area contributed by atoms with E-state index in [-0.39, 0.29) is 6.42 Å². The first-order valence-corrected chi connectivity index (χ1v) is 4.50.